The molecular formula is C18H24Cl2F4N2. The third kappa shape index (κ3) is 5.84. The largest absolute Gasteiger partial charge is 0.416 e. The van der Waals surface area contributed by atoms with Gasteiger partial charge in [0, 0.05) is 37.8 Å². The van der Waals surface area contributed by atoms with Gasteiger partial charge in [0.1, 0.15) is 5.82 Å². The monoisotopic (exact) mass is 414 g/mol. The number of hydrogen-bond donors (Lipinski definition) is 1. The number of halogens is 6. The van der Waals surface area contributed by atoms with Crippen LogP contribution in [0.3, 0.4) is 0 Å². The first-order valence-electron chi connectivity index (χ1n) is 8.47. The number of nitrogens with zero attached hydrogens (tertiary/aromatic N) is 1. The van der Waals surface area contributed by atoms with Crippen molar-refractivity contribution in [3.05, 3.63) is 46.8 Å². The van der Waals surface area contributed by atoms with Gasteiger partial charge in [0.05, 0.1) is 10.6 Å². The minimum atomic E-state index is -4.62. The van der Waals surface area contributed by atoms with E-state index in [0.717, 1.165) is 25.0 Å². The zero-order valence-corrected chi connectivity index (χ0v) is 16.0. The van der Waals surface area contributed by atoms with E-state index in [1.807, 2.05) is 4.90 Å². The Morgan fingerprint density at radius 2 is 1.88 bits per heavy atom. The summed E-state index contributed by atoms with van der Waals surface area (Å²) < 4.78 is 55.1. The predicted octanol–water partition coefficient (Wildman–Crippen LogP) is 5.61. The number of unbranched alkanes of at least 4 members (excludes halogenated alkanes) is 2. The Kier molecular flexibility index (Phi) is 9.38. The SMILES string of the molecule is C=CCCCC[C@@H](c1c(C(F)(F)F)ccc(Cl)c1F)N1CCNCC1.Cl. The molecule has 0 spiro atoms. The molecule has 0 bridgehead atoms. The van der Waals surface area contributed by atoms with Gasteiger partial charge >= 0.3 is 6.18 Å². The molecule has 0 saturated carbocycles. The van der Waals surface area contributed by atoms with Crippen molar-refractivity contribution in [2.24, 2.45) is 0 Å². The second-order valence-corrected chi connectivity index (χ2v) is 6.60. The molecule has 1 atom stereocenters. The minimum absolute atomic E-state index is 0. The number of alkyl halides is 3. The summed E-state index contributed by atoms with van der Waals surface area (Å²) in [5.74, 6) is -0.955. The van der Waals surface area contributed by atoms with E-state index >= 15 is 0 Å². The average molecular weight is 415 g/mol. The quantitative estimate of drug-likeness (QED) is 0.354. The molecule has 0 unspecified atom stereocenters. The van der Waals surface area contributed by atoms with Crippen molar-refractivity contribution in [2.75, 3.05) is 26.2 Å². The molecule has 2 nitrogen and oxygen atoms in total. The van der Waals surface area contributed by atoms with Crippen LogP contribution in [0.1, 0.15) is 42.9 Å². The van der Waals surface area contributed by atoms with Crippen molar-refractivity contribution in [1.82, 2.24) is 10.2 Å². The molecule has 1 aliphatic rings. The van der Waals surface area contributed by atoms with Crippen LogP contribution in [0.15, 0.2) is 24.8 Å². The van der Waals surface area contributed by atoms with Crippen LogP contribution in [-0.2, 0) is 6.18 Å². The highest BCUT2D eigenvalue weighted by Crippen LogP contribution is 2.41. The van der Waals surface area contributed by atoms with Gasteiger partial charge in [-0.1, -0.05) is 24.1 Å². The smallest absolute Gasteiger partial charge is 0.314 e. The lowest BCUT2D eigenvalue weighted by molar-refractivity contribution is -0.139. The van der Waals surface area contributed by atoms with Gasteiger partial charge in [-0.05, 0) is 31.4 Å². The first-order chi connectivity index (χ1) is 11.9. The lowest BCUT2D eigenvalue weighted by Crippen LogP contribution is -2.45. The number of hydrogen-bond acceptors (Lipinski definition) is 2. The zero-order valence-electron chi connectivity index (χ0n) is 14.4. The molecule has 0 amide bonds. The van der Waals surface area contributed by atoms with E-state index in [-0.39, 0.29) is 23.0 Å². The predicted molar refractivity (Wildman–Crippen MR) is 99.5 cm³/mol. The van der Waals surface area contributed by atoms with E-state index in [0.29, 0.717) is 39.0 Å². The molecular weight excluding hydrogens is 391 g/mol. The molecule has 0 radical (unpaired) electrons. The number of piperazine rings is 1. The fourth-order valence-electron chi connectivity index (χ4n) is 3.27. The minimum Gasteiger partial charge on any atom is -0.314 e. The molecule has 1 saturated heterocycles. The van der Waals surface area contributed by atoms with Crippen LogP contribution >= 0.6 is 24.0 Å². The summed E-state index contributed by atoms with van der Waals surface area (Å²) in [5, 5.41) is 2.90. The second kappa shape index (κ2) is 10.5. The molecule has 1 heterocycles. The molecule has 2 rings (SSSR count). The van der Waals surface area contributed by atoms with E-state index in [1.165, 1.54) is 0 Å². The highest BCUT2D eigenvalue weighted by atomic mass is 35.5. The van der Waals surface area contributed by atoms with Crippen LogP contribution < -0.4 is 5.32 Å². The van der Waals surface area contributed by atoms with Gasteiger partial charge in [-0.2, -0.15) is 13.2 Å². The van der Waals surface area contributed by atoms with Gasteiger partial charge < -0.3 is 5.32 Å². The molecule has 1 aliphatic heterocycles. The van der Waals surface area contributed by atoms with E-state index in [2.05, 4.69) is 11.9 Å². The molecule has 8 heteroatoms. The van der Waals surface area contributed by atoms with E-state index in [1.54, 1.807) is 6.08 Å². The molecule has 1 aromatic rings. The maximum atomic E-state index is 14.7. The van der Waals surface area contributed by atoms with Crippen molar-refractivity contribution >= 4 is 24.0 Å². The third-order valence-electron chi connectivity index (χ3n) is 4.50. The summed E-state index contributed by atoms with van der Waals surface area (Å²) in [7, 11) is 0. The van der Waals surface area contributed by atoms with Crippen LogP contribution in [0.4, 0.5) is 17.6 Å². The van der Waals surface area contributed by atoms with Crippen molar-refractivity contribution in [3.8, 4) is 0 Å². The van der Waals surface area contributed by atoms with Gasteiger partial charge in [0.15, 0.2) is 0 Å². The Balaban J connectivity index is 0.00000338. The van der Waals surface area contributed by atoms with Gasteiger partial charge in [-0.25, -0.2) is 4.39 Å². The Morgan fingerprint density at radius 1 is 1.23 bits per heavy atom. The second-order valence-electron chi connectivity index (χ2n) is 6.20. The number of nitrogens with one attached hydrogen (secondary N) is 1. The number of rotatable bonds is 7. The van der Waals surface area contributed by atoms with Crippen LogP contribution in [0.2, 0.25) is 5.02 Å². The van der Waals surface area contributed by atoms with Crippen molar-refractivity contribution < 1.29 is 17.6 Å². The Labute approximate surface area is 163 Å². The topological polar surface area (TPSA) is 15.3 Å². The fraction of sp³-hybridized carbons (Fsp3) is 0.556. The van der Waals surface area contributed by atoms with E-state index in [4.69, 9.17) is 11.6 Å². The van der Waals surface area contributed by atoms with Crippen LogP contribution in [0.25, 0.3) is 0 Å². The third-order valence-corrected chi connectivity index (χ3v) is 4.79. The molecule has 1 aromatic carbocycles. The maximum absolute atomic E-state index is 14.7. The summed E-state index contributed by atoms with van der Waals surface area (Å²) in [6.45, 7) is 6.16. The lowest BCUT2D eigenvalue weighted by Gasteiger charge is -2.36. The summed E-state index contributed by atoms with van der Waals surface area (Å²) in [6, 6.07) is 1.23. The Bertz CT molecular complexity index is 587. The fourth-order valence-corrected chi connectivity index (χ4v) is 3.43. The highest BCUT2D eigenvalue weighted by molar-refractivity contribution is 6.30. The lowest BCUT2D eigenvalue weighted by atomic mass is 9.93. The van der Waals surface area contributed by atoms with Gasteiger partial charge in [0.25, 0.3) is 0 Å². The molecule has 1 N–H and O–H groups in total. The van der Waals surface area contributed by atoms with E-state index < -0.39 is 23.6 Å². The highest BCUT2D eigenvalue weighted by Gasteiger charge is 2.39. The van der Waals surface area contributed by atoms with Crippen LogP contribution in [0.5, 0.6) is 0 Å². The van der Waals surface area contributed by atoms with Crippen LogP contribution in [0, 0.1) is 5.82 Å². The van der Waals surface area contributed by atoms with Crippen molar-refractivity contribution in [3.63, 3.8) is 0 Å². The molecule has 26 heavy (non-hydrogen) atoms. The normalized spacial score (nSPS) is 16.8. The zero-order chi connectivity index (χ0) is 18.4. The number of allylic oxidation sites excluding steroid dienone is 1. The van der Waals surface area contributed by atoms with Gasteiger partial charge in [-0.3, -0.25) is 4.90 Å². The van der Waals surface area contributed by atoms with E-state index in [9.17, 15) is 17.6 Å². The Hall–Kier alpha value is -0.820. The molecule has 1 fully saturated rings. The molecule has 148 valence electrons. The van der Waals surface area contributed by atoms with Gasteiger partial charge in [0.2, 0.25) is 0 Å². The van der Waals surface area contributed by atoms with Gasteiger partial charge in [-0.15, -0.1) is 19.0 Å². The average Bonchev–Trinajstić information content (AvgIpc) is 2.58. The maximum Gasteiger partial charge on any atom is 0.416 e. The summed E-state index contributed by atoms with van der Waals surface area (Å²) in [4.78, 5) is 1.92. The molecule has 0 aliphatic carbocycles. The molecule has 0 aromatic heterocycles. The summed E-state index contributed by atoms with van der Waals surface area (Å²) in [5.41, 5.74) is -1.25. The van der Waals surface area contributed by atoms with Crippen molar-refractivity contribution in [1.29, 1.82) is 0 Å². The summed E-state index contributed by atoms with van der Waals surface area (Å²) in [6.07, 6.45) is -0.0821. The van der Waals surface area contributed by atoms with Crippen LogP contribution in [-0.4, -0.2) is 31.1 Å². The Morgan fingerprint density at radius 3 is 2.46 bits per heavy atom. The number of benzene rings is 1. The summed E-state index contributed by atoms with van der Waals surface area (Å²) >= 11 is 5.82. The standard InChI is InChI=1S/C18H23ClF4N2.ClH/c1-2-3-4-5-6-15(25-11-9-24-10-12-25)16-13(18(21,22)23)7-8-14(19)17(16)20;/h2,7-8,15,24H,1,3-6,9-12H2;1H/t15-;/m0./s1. The first kappa shape index (κ1) is 23.2. The van der Waals surface area contributed by atoms with Crippen molar-refractivity contribution in [2.45, 2.75) is 37.9 Å². The first-order valence-corrected chi connectivity index (χ1v) is 8.84.